The van der Waals surface area contributed by atoms with E-state index in [1.54, 1.807) is 5.57 Å². The summed E-state index contributed by atoms with van der Waals surface area (Å²) in [6, 6.07) is 29.7. The first kappa shape index (κ1) is 27.0. The molecule has 0 saturated heterocycles. The second-order valence-electron chi connectivity index (χ2n) is 13.7. The van der Waals surface area contributed by atoms with Crippen molar-refractivity contribution >= 4 is 17.2 Å². The number of hydrogen-bond donors (Lipinski definition) is 0. The first-order chi connectivity index (χ1) is 22.1. The Balaban J connectivity index is 1.30. The standard InChI is InChI=1S/C40H41N5/c1-5-39-31-17-11-13-19-33(31)45-35(25-29(27-14-8-7-9-15-27)26(3)36-37(45)42-21-20-41-36)40(39,6-2)34(39)24-30-28-16-10-12-18-32(28)44-23-22-43(4)38(30)44/h7-24,26,29-30,35,38H,5-6,25H2,1-4H3. The predicted octanol–water partition coefficient (Wildman–Crippen LogP) is 8.62. The normalized spacial score (nSPS) is 32.8. The van der Waals surface area contributed by atoms with Crippen molar-refractivity contribution in [2.45, 2.75) is 75.4 Å². The molecule has 0 N–H and O–H groups in total. The van der Waals surface area contributed by atoms with Crippen LogP contribution in [0.1, 0.15) is 80.2 Å². The van der Waals surface area contributed by atoms with Crippen LogP contribution in [0.5, 0.6) is 0 Å². The van der Waals surface area contributed by atoms with Gasteiger partial charge in [0.15, 0.2) is 5.82 Å². The van der Waals surface area contributed by atoms with Crippen LogP contribution in [-0.4, -0.2) is 34.1 Å². The van der Waals surface area contributed by atoms with E-state index in [-0.39, 0.29) is 34.9 Å². The van der Waals surface area contributed by atoms with E-state index in [1.807, 2.05) is 12.4 Å². The summed E-state index contributed by atoms with van der Waals surface area (Å²) in [6.07, 6.45) is 14.5. The highest BCUT2D eigenvalue weighted by molar-refractivity contribution is 5.81. The van der Waals surface area contributed by atoms with E-state index in [4.69, 9.17) is 9.97 Å². The van der Waals surface area contributed by atoms with E-state index in [2.05, 4.69) is 140 Å². The summed E-state index contributed by atoms with van der Waals surface area (Å²) in [5.74, 6) is 1.92. The van der Waals surface area contributed by atoms with Crippen LogP contribution < -0.4 is 9.80 Å². The van der Waals surface area contributed by atoms with E-state index in [9.17, 15) is 0 Å². The summed E-state index contributed by atoms with van der Waals surface area (Å²) in [7, 11) is 2.23. The molecule has 5 heteroatoms. The molecule has 45 heavy (non-hydrogen) atoms. The molecule has 1 fully saturated rings. The Kier molecular flexibility index (Phi) is 5.73. The van der Waals surface area contributed by atoms with Crippen LogP contribution in [0.25, 0.3) is 0 Å². The first-order valence-corrected chi connectivity index (χ1v) is 16.8. The number of fused-ring (bicyclic) bond motifs is 11. The molecular weight excluding hydrogens is 550 g/mol. The van der Waals surface area contributed by atoms with Crippen LogP contribution in [0.3, 0.4) is 0 Å². The highest BCUT2D eigenvalue weighted by atomic mass is 15.4. The molecule has 3 aromatic carbocycles. The molecule has 1 aromatic heterocycles. The zero-order valence-corrected chi connectivity index (χ0v) is 26.6. The van der Waals surface area contributed by atoms with Crippen LogP contribution in [0.15, 0.2) is 115 Å². The maximum atomic E-state index is 5.14. The van der Waals surface area contributed by atoms with Gasteiger partial charge in [-0.05, 0) is 54.0 Å². The van der Waals surface area contributed by atoms with Crippen LogP contribution in [-0.2, 0) is 5.41 Å². The van der Waals surface area contributed by atoms with Gasteiger partial charge in [-0.15, -0.1) is 0 Å². The number of aromatic nitrogens is 2. The van der Waals surface area contributed by atoms with Crippen molar-refractivity contribution in [1.29, 1.82) is 0 Å². The zero-order valence-electron chi connectivity index (χ0n) is 26.6. The maximum Gasteiger partial charge on any atom is 0.155 e. The molecule has 226 valence electrons. The largest absolute Gasteiger partial charge is 0.358 e. The molecule has 5 heterocycles. The number of nitrogens with zero attached hydrogens (tertiary/aromatic N) is 5. The second-order valence-corrected chi connectivity index (χ2v) is 13.7. The molecule has 1 aliphatic carbocycles. The SMILES string of the molecule is CCC12C(=CC3c4ccccc4N4C=CN(C)C34)C1(CC)C1CC(c3ccccc3)C(C)c3nccnc3N1c1ccccc12. The van der Waals surface area contributed by atoms with Gasteiger partial charge in [-0.3, -0.25) is 4.98 Å². The zero-order chi connectivity index (χ0) is 30.5. The number of rotatable bonds is 4. The minimum atomic E-state index is -0.0103. The summed E-state index contributed by atoms with van der Waals surface area (Å²) >= 11 is 0. The van der Waals surface area contributed by atoms with Crippen molar-refractivity contribution in [3.05, 3.63) is 138 Å². The maximum absolute atomic E-state index is 5.14. The van der Waals surface area contributed by atoms with Crippen LogP contribution in [0.4, 0.5) is 17.2 Å². The molecule has 4 aliphatic heterocycles. The quantitative estimate of drug-likeness (QED) is 0.222. The highest BCUT2D eigenvalue weighted by Gasteiger charge is 2.77. The molecule has 0 amide bonds. The third kappa shape index (κ3) is 3.29. The second kappa shape index (κ2) is 9.56. The van der Waals surface area contributed by atoms with Crippen molar-refractivity contribution in [3.63, 3.8) is 0 Å². The van der Waals surface area contributed by atoms with Gasteiger partial charge >= 0.3 is 0 Å². The molecular formula is C40H41N5. The number of hydrogen-bond acceptors (Lipinski definition) is 5. The van der Waals surface area contributed by atoms with Crippen LogP contribution in [0.2, 0.25) is 0 Å². The number of para-hydroxylation sites is 2. The molecule has 0 spiro atoms. The molecule has 0 radical (unpaired) electrons. The molecule has 0 bridgehead atoms. The van der Waals surface area contributed by atoms with Gasteiger partial charge in [0.2, 0.25) is 0 Å². The van der Waals surface area contributed by atoms with Crippen molar-refractivity contribution in [2.24, 2.45) is 5.41 Å². The molecule has 1 saturated carbocycles. The predicted molar refractivity (Wildman–Crippen MR) is 182 cm³/mol. The van der Waals surface area contributed by atoms with Crippen molar-refractivity contribution < 1.29 is 0 Å². The van der Waals surface area contributed by atoms with Gasteiger partial charge in [0.1, 0.15) is 6.17 Å². The third-order valence-corrected chi connectivity index (χ3v) is 12.3. The van der Waals surface area contributed by atoms with Gasteiger partial charge in [0.05, 0.1) is 5.69 Å². The summed E-state index contributed by atoms with van der Waals surface area (Å²) in [6.45, 7) is 7.24. The van der Waals surface area contributed by atoms with Crippen molar-refractivity contribution in [1.82, 2.24) is 14.9 Å². The molecule has 7 atom stereocenters. The summed E-state index contributed by atoms with van der Waals surface area (Å²) in [5, 5.41) is 0. The topological polar surface area (TPSA) is 35.5 Å². The molecule has 7 unspecified atom stereocenters. The van der Waals surface area contributed by atoms with Gasteiger partial charge in [0.25, 0.3) is 0 Å². The fraction of sp³-hybridized carbons (Fsp3) is 0.350. The van der Waals surface area contributed by atoms with Gasteiger partial charge in [0, 0.05) is 71.9 Å². The fourth-order valence-corrected chi connectivity index (χ4v) is 10.5. The van der Waals surface area contributed by atoms with Gasteiger partial charge in [-0.1, -0.05) is 99.2 Å². The minimum Gasteiger partial charge on any atom is -0.358 e. The fourth-order valence-electron chi connectivity index (χ4n) is 10.5. The van der Waals surface area contributed by atoms with E-state index in [0.717, 1.165) is 30.8 Å². The van der Waals surface area contributed by atoms with Crippen molar-refractivity contribution in [2.75, 3.05) is 16.8 Å². The van der Waals surface area contributed by atoms with Crippen LogP contribution >= 0.6 is 0 Å². The molecule has 5 nitrogen and oxygen atoms in total. The average molecular weight is 592 g/mol. The average Bonchev–Trinajstić information content (AvgIpc) is 3.36. The Morgan fingerprint density at radius 3 is 2.38 bits per heavy atom. The monoisotopic (exact) mass is 591 g/mol. The number of anilines is 3. The third-order valence-electron chi connectivity index (χ3n) is 12.3. The Bertz CT molecular complexity index is 1860. The number of benzene rings is 3. The van der Waals surface area contributed by atoms with Gasteiger partial charge < -0.3 is 14.7 Å². The van der Waals surface area contributed by atoms with E-state index >= 15 is 0 Å². The summed E-state index contributed by atoms with van der Waals surface area (Å²) in [4.78, 5) is 17.7. The Morgan fingerprint density at radius 1 is 0.844 bits per heavy atom. The van der Waals surface area contributed by atoms with Crippen molar-refractivity contribution in [3.8, 4) is 0 Å². The Morgan fingerprint density at radius 2 is 1.58 bits per heavy atom. The smallest absolute Gasteiger partial charge is 0.155 e. The lowest BCUT2D eigenvalue weighted by Gasteiger charge is -2.46. The molecule has 4 aromatic rings. The number of likely N-dealkylation sites (N-methyl/N-ethyl adjacent to an activating group) is 1. The Hall–Kier alpha value is -4.38. The Labute approximate surface area is 266 Å². The van der Waals surface area contributed by atoms with E-state index < -0.39 is 0 Å². The van der Waals surface area contributed by atoms with Crippen LogP contribution in [0, 0.1) is 5.41 Å². The lowest BCUT2D eigenvalue weighted by Crippen LogP contribution is -2.47. The molecule has 5 aliphatic rings. The lowest BCUT2D eigenvalue weighted by atomic mass is 9.70. The first-order valence-electron chi connectivity index (χ1n) is 16.8. The summed E-state index contributed by atoms with van der Waals surface area (Å²) < 4.78 is 0. The van der Waals surface area contributed by atoms with Gasteiger partial charge in [-0.2, -0.15) is 0 Å². The highest BCUT2D eigenvalue weighted by Crippen LogP contribution is 2.80. The van der Waals surface area contributed by atoms with E-state index in [0.29, 0.717) is 5.92 Å². The lowest BCUT2D eigenvalue weighted by molar-refractivity contribution is 0.279. The van der Waals surface area contributed by atoms with Gasteiger partial charge in [-0.25, -0.2) is 4.98 Å². The minimum absolute atomic E-state index is 0.00501. The van der Waals surface area contributed by atoms with E-state index in [1.165, 1.54) is 28.1 Å². The summed E-state index contributed by atoms with van der Waals surface area (Å²) in [5.41, 5.74) is 9.68. The molecule has 9 rings (SSSR count).